The van der Waals surface area contributed by atoms with Crippen LogP contribution in [0.2, 0.25) is 0 Å². The van der Waals surface area contributed by atoms with E-state index >= 15 is 0 Å². The molecule has 4 heteroatoms. The number of carbonyl (C=O) groups is 1. The molecule has 0 unspecified atom stereocenters. The van der Waals surface area contributed by atoms with Crippen molar-refractivity contribution in [2.75, 3.05) is 19.5 Å². The van der Waals surface area contributed by atoms with Gasteiger partial charge in [0.1, 0.15) is 0 Å². The van der Waals surface area contributed by atoms with Crippen LogP contribution in [-0.4, -0.2) is 20.1 Å². The van der Waals surface area contributed by atoms with Gasteiger partial charge in [0.2, 0.25) is 5.91 Å². The summed E-state index contributed by atoms with van der Waals surface area (Å²) in [6.07, 6.45) is 3.13. The highest BCUT2D eigenvalue weighted by Gasteiger charge is 2.05. The van der Waals surface area contributed by atoms with Crippen LogP contribution in [0.15, 0.2) is 30.4 Å². The molecule has 1 rings (SSSR count). The Morgan fingerprint density at radius 2 is 1.94 bits per heavy atom. The smallest absolute Gasteiger partial charge is 0.248 e. The van der Waals surface area contributed by atoms with Crippen molar-refractivity contribution in [1.29, 1.82) is 0 Å². The molecule has 0 heterocycles. The molecule has 1 aromatic rings. The summed E-state index contributed by atoms with van der Waals surface area (Å²) in [5.74, 6) is 1.04. The fourth-order valence-electron chi connectivity index (χ4n) is 1.25. The van der Waals surface area contributed by atoms with Crippen molar-refractivity contribution < 1.29 is 14.3 Å². The van der Waals surface area contributed by atoms with Gasteiger partial charge in [-0.05, 0) is 25.1 Å². The van der Waals surface area contributed by atoms with E-state index in [2.05, 4.69) is 5.32 Å². The second-order valence-electron chi connectivity index (χ2n) is 3.06. The van der Waals surface area contributed by atoms with Crippen molar-refractivity contribution in [3.63, 3.8) is 0 Å². The molecule has 0 atom stereocenters. The van der Waals surface area contributed by atoms with E-state index in [1.54, 1.807) is 45.4 Å². The molecule has 0 bridgehead atoms. The number of anilines is 1. The number of nitrogens with one attached hydrogen (secondary N) is 1. The minimum atomic E-state index is -0.172. The molecule has 1 aromatic carbocycles. The fraction of sp³-hybridized carbons (Fsp3) is 0.250. The molecular weight excluding hydrogens is 206 g/mol. The van der Waals surface area contributed by atoms with Gasteiger partial charge in [0, 0.05) is 11.8 Å². The highest BCUT2D eigenvalue weighted by Crippen LogP contribution is 2.29. The summed E-state index contributed by atoms with van der Waals surface area (Å²) < 4.78 is 10.2. The Balaban J connectivity index is 2.86. The van der Waals surface area contributed by atoms with E-state index in [-0.39, 0.29) is 5.91 Å². The number of carbonyl (C=O) groups excluding carboxylic acids is 1. The Hall–Kier alpha value is -1.97. The number of rotatable bonds is 4. The molecular formula is C12H15NO3. The first-order valence-corrected chi connectivity index (χ1v) is 4.87. The Morgan fingerprint density at radius 3 is 2.50 bits per heavy atom. The zero-order valence-corrected chi connectivity index (χ0v) is 9.61. The van der Waals surface area contributed by atoms with Crippen LogP contribution in [-0.2, 0) is 4.79 Å². The molecule has 0 fully saturated rings. The summed E-state index contributed by atoms with van der Waals surface area (Å²) in [5, 5.41) is 2.71. The van der Waals surface area contributed by atoms with Crippen molar-refractivity contribution in [3.05, 3.63) is 30.4 Å². The number of benzene rings is 1. The fourth-order valence-corrected chi connectivity index (χ4v) is 1.25. The Kier molecular flexibility index (Phi) is 4.39. The lowest BCUT2D eigenvalue weighted by atomic mass is 10.2. The van der Waals surface area contributed by atoms with E-state index in [1.165, 1.54) is 6.08 Å². The van der Waals surface area contributed by atoms with E-state index in [9.17, 15) is 4.79 Å². The normalized spacial score (nSPS) is 10.2. The quantitative estimate of drug-likeness (QED) is 0.793. The third-order valence-corrected chi connectivity index (χ3v) is 1.97. The first kappa shape index (κ1) is 12.1. The molecule has 4 nitrogen and oxygen atoms in total. The second kappa shape index (κ2) is 5.80. The number of hydrogen-bond donors (Lipinski definition) is 1. The van der Waals surface area contributed by atoms with Crippen LogP contribution in [0.5, 0.6) is 11.5 Å². The van der Waals surface area contributed by atoms with Crippen molar-refractivity contribution >= 4 is 11.6 Å². The van der Waals surface area contributed by atoms with Gasteiger partial charge in [0.25, 0.3) is 0 Å². The number of ether oxygens (including phenoxy) is 2. The molecule has 0 saturated heterocycles. The van der Waals surface area contributed by atoms with Crippen LogP contribution in [0.1, 0.15) is 6.92 Å². The predicted molar refractivity (Wildman–Crippen MR) is 63.0 cm³/mol. The van der Waals surface area contributed by atoms with Crippen LogP contribution in [0.3, 0.4) is 0 Å². The third-order valence-electron chi connectivity index (χ3n) is 1.97. The Bertz CT molecular complexity index is 399. The largest absolute Gasteiger partial charge is 0.493 e. The average Bonchev–Trinajstić information content (AvgIpc) is 2.29. The highest BCUT2D eigenvalue weighted by molar-refractivity contribution is 5.99. The Labute approximate surface area is 94.9 Å². The summed E-state index contributed by atoms with van der Waals surface area (Å²) in [4.78, 5) is 11.3. The van der Waals surface area contributed by atoms with Crippen molar-refractivity contribution in [3.8, 4) is 11.5 Å². The zero-order chi connectivity index (χ0) is 12.0. The van der Waals surface area contributed by atoms with E-state index in [0.717, 1.165) is 0 Å². The number of methoxy groups -OCH3 is 2. The summed E-state index contributed by atoms with van der Waals surface area (Å²) in [6.45, 7) is 1.79. The molecule has 0 saturated carbocycles. The standard InChI is InChI=1S/C12H15NO3/c1-4-5-12(14)13-9-6-7-10(15-2)11(8-9)16-3/h4-8H,1-3H3,(H,13,14). The number of amides is 1. The van der Waals surface area contributed by atoms with Gasteiger partial charge in [-0.2, -0.15) is 0 Å². The van der Waals surface area contributed by atoms with E-state index in [4.69, 9.17) is 9.47 Å². The van der Waals surface area contributed by atoms with Gasteiger partial charge in [0.05, 0.1) is 14.2 Å². The molecule has 86 valence electrons. The highest BCUT2D eigenvalue weighted by atomic mass is 16.5. The zero-order valence-electron chi connectivity index (χ0n) is 9.61. The van der Waals surface area contributed by atoms with Gasteiger partial charge in [-0.3, -0.25) is 4.79 Å². The van der Waals surface area contributed by atoms with Crippen molar-refractivity contribution in [2.24, 2.45) is 0 Å². The topological polar surface area (TPSA) is 47.6 Å². The van der Waals surface area contributed by atoms with Gasteiger partial charge in [-0.1, -0.05) is 6.08 Å². The molecule has 0 spiro atoms. The van der Waals surface area contributed by atoms with Gasteiger partial charge >= 0.3 is 0 Å². The van der Waals surface area contributed by atoms with Crippen LogP contribution in [0.25, 0.3) is 0 Å². The minimum absolute atomic E-state index is 0.172. The lowest BCUT2D eigenvalue weighted by molar-refractivity contribution is -0.111. The molecule has 0 radical (unpaired) electrons. The lowest BCUT2D eigenvalue weighted by Crippen LogP contribution is -2.07. The maximum absolute atomic E-state index is 11.3. The summed E-state index contributed by atoms with van der Waals surface area (Å²) >= 11 is 0. The monoisotopic (exact) mass is 221 g/mol. The first-order valence-electron chi connectivity index (χ1n) is 4.87. The van der Waals surface area contributed by atoms with Gasteiger partial charge in [-0.15, -0.1) is 0 Å². The van der Waals surface area contributed by atoms with Crippen LogP contribution >= 0.6 is 0 Å². The molecule has 16 heavy (non-hydrogen) atoms. The summed E-state index contributed by atoms with van der Waals surface area (Å²) in [7, 11) is 3.12. The second-order valence-corrected chi connectivity index (χ2v) is 3.06. The molecule has 0 aromatic heterocycles. The third kappa shape index (κ3) is 3.02. The maximum atomic E-state index is 11.3. The molecule has 0 aliphatic heterocycles. The summed E-state index contributed by atoms with van der Waals surface area (Å²) in [6, 6.07) is 5.20. The van der Waals surface area contributed by atoms with E-state index in [1.807, 2.05) is 0 Å². The van der Waals surface area contributed by atoms with E-state index < -0.39 is 0 Å². The Morgan fingerprint density at radius 1 is 1.25 bits per heavy atom. The molecule has 0 aliphatic carbocycles. The van der Waals surface area contributed by atoms with Crippen LogP contribution in [0, 0.1) is 0 Å². The number of hydrogen-bond acceptors (Lipinski definition) is 3. The predicted octanol–water partition coefficient (Wildman–Crippen LogP) is 2.22. The van der Waals surface area contributed by atoms with Gasteiger partial charge < -0.3 is 14.8 Å². The van der Waals surface area contributed by atoms with Crippen LogP contribution in [0.4, 0.5) is 5.69 Å². The lowest BCUT2D eigenvalue weighted by Gasteiger charge is -2.09. The van der Waals surface area contributed by atoms with E-state index in [0.29, 0.717) is 17.2 Å². The first-order chi connectivity index (χ1) is 7.71. The van der Waals surface area contributed by atoms with Gasteiger partial charge in [-0.25, -0.2) is 0 Å². The summed E-state index contributed by atoms with van der Waals surface area (Å²) in [5.41, 5.74) is 0.667. The van der Waals surface area contributed by atoms with Crippen molar-refractivity contribution in [2.45, 2.75) is 6.92 Å². The SMILES string of the molecule is CC=CC(=O)Nc1ccc(OC)c(OC)c1. The van der Waals surface area contributed by atoms with Gasteiger partial charge in [0.15, 0.2) is 11.5 Å². The average molecular weight is 221 g/mol. The van der Waals surface area contributed by atoms with Crippen LogP contribution < -0.4 is 14.8 Å². The maximum Gasteiger partial charge on any atom is 0.248 e. The molecule has 1 amide bonds. The van der Waals surface area contributed by atoms with Crippen molar-refractivity contribution in [1.82, 2.24) is 0 Å². The minimum Gasteiger partial charge on any atom is -0.493 e. The number of allylic oxidation sites excluding steroid dienone is 1. The molecule has 0 aliphatic rings. The molecule has 1 N–H and O–H groups in total.